The molecule has 8 heteroatoms. The zero-order chi connectivity index (χ0) is 22.2. The van der Waals surface area contributed by atoms with Gasteiger partial charge in [-0.15, -0.1) is 0 Å². The lowest BCUT2D eigenvalue weighted by Gasteiger charge is -2.54. The minimum absolute atomic E-state index is 0.153. The van der Waals surface area contributed by atoms with Crippen molar-refractivity contribution in [2.24, 2.45) is 23.7 Å². The topological polar surface area (TPSA) is 84.7 Å². The Labute approximate surface area is 192 Å². The van der Waals surface area contributed by atoms with E-state index in [1.807, 2.05) is 30.3 Å². The van der Waals surface area contributed by atoms with Crippen molar-refractivity contribution in [2.45, 2.75) is 47.9 Å². The number of aromatic nitrogens is 1. The molecule has 4 bridgehead atoms. The fourth-order valence-corrected chi connectivity index (χ4v) is 6.77. The number of ether oxygens (including phenoxy) is 1. The van der Waals surface area contributed by atoms with Crippen molar-refractivity contribution in [3.05, 3.63) is 36.1 Å². The second-order valence-electron chi connectivity index (χ2n) is 9.57. The lowest BCUT2D eigenvalue weighted by atomic mass is 9.54. The molecule has 7 nitrogen and oxygen atoms in total. The minimum Gasteiger partial charge on any atom is -0.465 e. The van der Waals surface area contributed by atoms with Crippen LogP contribution in [0.5, 0.6) is 5.88 Å². The molecule has 2 amide bonds. The summed E-state index contributed by atoms with van der Waals surface area (Å²) in [5.41, 5.74) is 0. The molecule has 0 unspecified atom stereocenters. The van der Waals surface area contributed by atoms with E-state index in [-0.39, 0.29) is 36.1 Å². The zero-order valence-electron chi connectivity index (χ0n) is 18.5. The number of carbonyl (C=O) groups excluding carboxylic acids is 2. The molecule has 4 fully saturated rings. The van der Waals surface area contributed by atoms with E-state index in [0.29, 0.717) is 16.7 Å². The molecule has 170 valence electrons. The first kappa shape index (κ1) is 21.4. The normalized spacial score (nSPS) is 27.9. The average molecular weight is 456 g/mol. The number of rotatable bonds is 7. The maximum Gasteiger partial charge on any atom is 0.291 e. The maximum atomic E-state index is 13.3. The van der Waals surface area contributed by atoms with Crippen LogP contribution in [-0.4, -0.2) is 48.6 Å². The molecular formula is C24H29N3O4S. The van der Waals surface area contributed by atoms with Gasteiger partial charge in [0.25, 0.3) is 17.7 Å². The number of nitrogens with one attached hydrogen (secondary N) is 1. The van der Waals surface area contributed by atoms with Gasteiger partial charge in [-0.2, -0.15) is 0 Å². The molecule has 4 saturated carbocycles. The van der Waals surface area contributed by atoms with Crippen LogP contribution >= 0.6 is 11.8 Å². The monoisotopic (exact) mass is 455 g/mol. The average Bonchev–Trinajstić information content (AvgIpc) is 3.17. The lowest BCUT2D eigenvalue weighted by molar-refractivity contribution is -0.130. The quantitative estimate of drug-likeness (QED) is 0.683. The molecule has 32 heavy (non-hydrogen) atoms. The van der Waals surface area contributed by atoms with Crippen LogP contribution in [0.15, 0.2) is 44.6 Å². The summed E-state index contributed by atoms with van der Waals surface area (Å²) in [6, 6.07) is 9.90. The van der Waals surface area contributed by atoms with Gasteiger partial charge < -0.3 is 19.5 Å². The molecule has 4 aliphatic carbocycles. The van der Waals surface area contributed by atoms with Crippen LogP contribution in [0.4, 0.5) is 0 Å². The van der Waals surface area contributed by atoms with Crippen molar-refractivity contribution in [3.63, 3.8) is 0 Å². The number of likely N-dealkylation sites (N-methyl/N-ethyl adjacent to an activating group) is 1. The summed E-state index contributed by atoms with van der Waals surface area (Å²) < 4.78 is 11.1. The Bertz CT molecular complexity index is 962. The van der Waals surface area contributed by atoms with Gasteiger partial charge >= 0.3 is 0 Å². The summed E-state index contributed by atoms with van der Waals surface area (Å²) in [5, 5.41) is 7.28. The second kappa shape index (κ2) is 8.81. The number of carbonyl (C=O) groups is 2. The summed E-state index contributed by atoms with van der Waals surface area (Å²) in [4.78, 5) is 28.2. The fourth-order valence-electron chi connectivity index (χ4n) is 5.84. The molecule has 6 rings (SSSR count). The highest BCUT2D eigenvalue weighted by molar-refractivity contribution is 7.99. The number of nitrogens with zero attached hydrogens (tertiary/aromatic N) is 2. The van der Waals surface area contributed by atoms with Crippen molar-refractivity contribution in [3.8, 4) is 5.88 Å². The molecule has 0 aliphatic heterocycles. The van der Waals surface area contributed by atoms with Crippen molar-refractivity contribution in [1.29, 1.82) is 0 Å². The highest BCUT2D eigenvalue weighted by Gasteiger charge is 2.49. The molecule has 0 radical (unpaired) electrons. The Balaban J connectivity index is 1.36. The van der Waals surface area contributed by atoms with Crippen LogP contribution in [-0.2, 0) is 4.79 Å². The van der Waals surface area contributed by atoms with Gasteiger partial charge in [-0.25, -0.2) is 0 Å². The molecule has 1 aromatic carbocycles. The van der Waals surface area contributed by atoms with Crippen molar-refractivity contribution >= 4 is 23.6 Å². The van der Waals surface area contributed by atoms with Gasteiger partial charge in [0, 0.05) is 25.0 Å². The van der Waals surface area contributed by atoms with E-state index in [9.17, 15) is 9.59 Å². The molecule has 1 aromatic heterocycles. The van der Waals surface area contributed by atoms with Crippen LogP contribution < -0.4 is 10.1 Å². The van der Waals surface area contributed by atoms with Gasteiger partial charge in [0.1, 0.15) is 4.90 Å². The molecule has 0 atom stereocenters. The Morgan fingerprint density at radius 2 is 1.75 bits per heavy atom. The molecule has 2 aromatic rings. The number of amides is 2. The van der Waals surface area contributed by atoms with Gasteiger partial charge in [0.05, 0.1) is 0 Å². The highest BCUT2D eigenvalue weighted by Crippen LogP contribution is 2.53. The Morgan fingerprint density at radius 1 is 1.09 bits per heavy atom. The van der Waals surface area contributed by atoms with Gasteiger partial charge in [-0.05, 0) is 73.1 Å². The third kappa shape index (κ3) is 4.25. The fraction of sp³-hybridized carbons (Fsp3) is 0.542. The van der Waals surface area contributed by atoms with E-state index in [2.05, 4.69) is 10.5 Å². The Kier molecular flexibility index (Phi) is 5.88. The van der Waals surface area contributed by atoms with E-state index in [4.69, 9.17) is 9.26 Å². The van der Waals surface area contributed by atoms with E-state index in [1.54, 1.807) is 14.1 Å². The van der Waals surface area contributed by atoms with Crippen LogP contribution in [0.3, 0.4) is 0 Å². The highest BCUT2D eigenvalue weighted by atomic mass is 32.2. The summed E-state index contributed by atoms with van der Waals surface area (Å²) in [5.74, 6) is 2.70. The first-order valence-electron chi connectivity index (χ1n) is 11.3. The molecule has 4 aliphatic rings. The van der Waals surface area contributed by atoms with Gasteiger partial charge in [0.15, 0.2) is 6.61 Å². The molecule has 1 heterocycles. The van der Waals surface area contributed by atoms with Crippen molar-refractivity contribution in [1.82, 2.24) is 15.4 Å². The van der Waals surface area contributed by atoms with E-state index in [1.165, 1.54) is 48.8 Å². The third-order valence-electron chi connectivity index (χ3n) is 7.15. The summed E-state index contributed by atoms with van der Waals surface area (Å²) >= 11 is 1.36. The zero-order valence-corrected chi connectivity index (χ0v) is 19.3. The van der Waals surface area contributed by atoms with E-state index < -0.39 is 0 Å². The Morgan fingerprint density at radius 3 is 2.38 bits per heavy atom. The Hall–Kier alpha value is -2.48. The second-order valence-corrected chi connectivity index (χ2v) is 10.7. The summed E-state index contributed by atoms with van der Waals surface area (Å²) in [7, 11) is 3.33. The predicted molar refractivity (Wildman–Crippen MR) is 120 cm³/mol. The predicted octanol–water partition coefficient (Wildman–Crippen LogP) is 3.85. The first-order valence-corrected chi connectivity index (χ1v) is 12.2. The van der Waals surface area contributed by atoms with Gasteiger partial charge in [-0.3, -0.25) is 9.59 Å². The number of benzene rings is 1. The molecular weight excluding hydrogens is 426 g/mol. The van der Waals surface area contributed by atoms with Crippen molar-refractivity contribution < 1.29 is 18.8 Å². The lowest BCUT2D eigenvalue weighted by Crippen LogP contribution is -2.55. The molecule has 0 spiro atoms. The van der Waals surface area contributed by atoms with Crippen molar-refractivity contribution in [2.75, 3.05) is 20.7 Å². The van der Waals surface area contributed by atoms with E-state index >= 15 is 0 Å². The van der Waals surface area contributed by atoms with Crippen LogP contribution in [0.25, 0.3) is 0 Å². The molecule has 1 N–H and O–H groups in total. The smallest absolute Gasteiger partial charge is 0.291 e. The largest absolute Gasteiger partial charge is 0.465 e. The van der Waals surface area contributed by atoms with Gasteiger partial charge in [-0.1, -0.05) is 30.0 Å². The molecule has 0 saturated heterocycles. The van der Waals surface area contributed by atoms with Crippen LogP contribution in [0.1, 0.15) is 42.7 Å². The van der Waals surface area contributed by atoms with E-state index in [0.717, 1.165) is 16.7 Å². The van der Waals surface area contributed by atoms with Gasteiger partial charge in [0.2, 0.25) is 5.76 Å². The van der Waals surface area contributed by atoms with Crippen LogP contribution in [0, 0.1) is 23.7 Å². The SMILES string of the molecule is CN(C)C(=O)COc1noc(C(=O)NC2C3CC4CC(C3)CC2C4)c1Sc1ccccc1. The number of hydrogen-bond acceptors (Lipinski definition) is 6. The first-order chi connectivity index (χ1) is 15.5. The maximum absolute atomic E-state index is 13.3. The van der Waals surface area contributed by atoms with Crippen LogP contribution in [0.2, 0.25) is 0 Å². The summed E-state index contributed by atoms with van der Waals surface area (Å²) in [6.07, 6.45) is 6.27. The standard InChI is InChI=1S/C24H29N3O4S/c1-27(2)19(28)13-30-24-22(32-18-6-4-3-5-7-18)21(31-26-24)23(29)25-20-16-9-14-8-15(11-16)12-17(20)10-14/h3-7,14-17,20H,8-13H2,1-2H3,(H,25,29). The number of hydrogen-bond donors (Lipinski definition) is 1. The third-order valence-corrected chi connectivity index (χ3v) is 8.22. The summed E-state index contributed by atoms with van der Waals surface area (Å²) in [6.45, 7) is -0.168. The minimum atomic E-state index is -0.248.